The third-order valence-electron chi connectivity index (χ3n) is 4.85. The van der Waals surface area contributed by atoms with E-state index in [-0.39, 0.29) is 22.6 Å². The summed E-state index contributed by atoms with van der Waals surface area (Å²) in [5.41, 5.74) is 7.86. The van der Waals surface area contributed by atoms with Crippen molar-refractivity contribution >= 4 is 11.4 Å². The Morgan fingerprint density at radius 3 is 2.75 bits per heavy atom. The minimum Gasteiger partial charge on any atom is -0.497 e. The van der Waals surface area contributed by atoms with E-state index in [4.69, 9.17) is 4.74 Å². The molecule has 1 N–H and O–H groups in total. The second-order valence-electron chi connectivity index (χ2n) is 6.12. The van der Waals surface area contributed by atoms with Crippen molar-refractivity contribution in [3.05, 3.63) is 69.3 Å². The second-order valence-corrected chi connectivity index (χ2v) is 6.12. The average Bonchev–Trinajstić information content (AvgIpc) is 3.05. The van der Waals surface area contributed by atoms with Crippen LogP contribution in [0, 0.1) is 16.0 Å². The number of hydrogen-bond acceptors (Lipinski definition) is 5. The molecule has 2 aliphatic rings. The molecule has 0 radical (unpaired) electrons. The lowest BCUT2D eigenvalue weighted by Gasteiger charge is -2.26. The van der Waals surface area contributed by atoms with Gasteiger partial charge in [0.15, 0.2) is 0 Å². The van der Waals surface area contributed by atoms with E-state index in [0.717, 1.165) is 29.9 Å². The second kappa shape index (κ2) is 5.63. The number of nitro benzene ring substituents is 1. The molecule has 24 heavy (non-hydrogen) atoms. The molecule has 0 aromatic heterocycles. The summed E-state index contributed by atoms with van der Waals surface area (Å²) in [6.45, 7) is 0. The summed E-state index contributed by atoms with van der Waals surface area (Å²) in [5, 5.41) is 15.4. The maximum Gasteiger partial charge on any atom is 0.269 e. The van der Waals surface area contributed by atoms with Crippen molar-refractivity contribution in [2.45, 2.75) is 18.9 Å². The van der Waals surface area contributed by atoms with Crippen molar-refractivity contribution in [2.75, 3.05) is 7.11 Å². The van der Waals surface area contributed by atoms with Crippen LogP contribution in [0.2, 0.25) is 0 Å². The molecule has 2 atom stereocenters. The van der Waals surface area contributed by atoms with Crippen LogP contribution in [-0.2, 0) is 6.42 Å². The van der Waals surface area contributed by atoms with E-state index < -0.39 is 0 Å². The van der Waals surface area contributed by atoms with Gasteiger partial charge in [-0.1, -0.05) is 12.1 Å². The van der Waals surface area contributed by atoms with Gasteiger partial charge in [0.2, 0.25) is 0 Å². The number of rotatable bonds is 3. The van der Waals surface area contributed by atoms with Gasteiger partial charge in [-0.05, 0) is 42.2 Å². The molecule has 0 unspecified atom stereocenters. The zero-order valence-corrected chi connectivity index (χ0v) is 13.2. The zero-order chi connectivity index (χ0) is 16.7. The van der Waals surface area contributed by atoms with E-state index in [0.29, 0.717) is 0 Å². The molecule has 0 saturated carbocycles. The molecule has 1 aliphatic carbocycles. The fourth-order valence-electron chi connectivity index (χ4n) is 3.61. The molecular weight excluding hydrogens is 306 g/mol. The molecule has 0 spiro atoms. The number of fused-ring (bicyclic) bond motifs is 3. The first kappa shape index (κ1) is 14.7. The number of hydrogen-bond donors (Lipinski definition) is 1. The fraction of sp³-hybridized carbons (Fsp3) is 0.278. The topological polar surface area (TPSA) is 76.8 Å². The largest absolute Gasteiger partial charge is 0.497 e. The Morgan fingerprint density at radius 1 is 1.25 bits per heavy atom. The Bertz CT molecular complexity index is 830. The van der Waals surface area contributed by atoms with E-state index in [9.17, 15) is 10.1 Å². The van der Waals surface area contributed by atoms with E-state index in [2.05, 4.69) is 22.7 Å². The molecule has 2 aromatic rings. The number of nitro groups is 1. The first-order valence-electron chi connectivity index (χ1n) is 7.92. The summed E-state index contributed by atoms with van der Waals surface area (Å²) >= 11 is 0. The van der Waals surface area contributed by atoms with Gasteiger partial charge in [0.1, 0.15) is 5.75 Å². The van der Waals surface area contributed by atoms with Crippen LogP contribution in [0.4, 0.5) is 5.69 Å². The van der Waals surface area contributed by atoms with Crippen molar-refractivity contribution in [1.82, 2.24) is 5.43 Å². The van der Waals surface area contributed by atoms with Crippen molar-refractivity contribution in [3.63, 3.8) is 0 Å². The van der Waals surface area contributed by atoms with Crippen molar-refractivity contribution < 1.29 is 9.66 Å². The van der Waals surface area contributed by atoms with E-state index >= 15 is 0 Å². The summed E-state index contributed by atoms with van der Waals surface area (Å²) in [6, 6.07) is 12.9. The average molecular weight is 323 g/mol. The van der Waals surface area contributed by atoms with Gasteiger partial charge in [-0.25, -0.2) is 0 Å². The standard InChI is InChI=1S/C18H17N3O3/c1-24-14-7-9-15-12(10-14)4-8-16-17(19-20-18(15)16)11-2-5-13(6-3-11)21(22)23/h2-3,5-7,9-10,16-17,19H,4,8H2,1H3/t16-,17-/m1/s1. The van der Waals surface area contributed by atoms with E-state index in [1.54, 1.807) is 19.2 Å². The molecule has 6 heteroatoms. The van der Waals surface area contributed by atoms with Gasteiger partial charge in [0.05, 0.1) is 23.8 Å². The first-order chi connectivity index (χ1) is 11.7. The number of benzene rings is 2. The number of hydrazone groups is 1. The van der Waals surface area contributed by atoms with E-state index in [1.807, 2.05) is 18.2 Å². The van der Waals surface area contributed by atoms with Gasteiger partial charge in [0, 0.05) is 23.6 Å². The molecule has 122 valence electrons. The molecule has 0 amide bonds. The highest BCUT2D eigenvalue weighted by atomic mass is 16.6. The highest BCUT2D eigenvalue weighted by Gasteiger charge is 2.37. The van der Waals surface area contributed by atoms with Crippen LogP contribution >= 0.6 is 0 Å². The van der Waals surface area contributed by atoms with Gasteiger partial charge in [-0.2, -0.15) is 5.10 Å². The van der Waals surface area contributed by atoms with Crippen LogP contribution in [0.5, 0.6) is 5.75 Å². The lowest BCUT2D eigenvalue weighted by atomic mass is 9.77. The van der Waals surface area contributed by atoms with Crippen LogP contribution in [-0.4, -0.2) is 17.7 Å². The number of aryl methyl sites for hydroxylation is 1. The summed E-state index contributed by atoms with van der Waals surface area (Å²) in [4.78, 5) is 10.4. The molecule has 0 fully saturated rings. The van der Waals surface area contributed by atoms with Gasteiger partial charge in [-0.3, -0.25) is 10.1 Å². The van der Waals surface area contributed by atoms with Gasteiger partial charge in [0.25, 0.3) is 5.69 Å². The van der Waals surface area contributed by atoms with E-state index in [1.165, 1.54) is 11.1 Å². The Labute approximate surface area is 139 Å². The van der Waals surface area contributed by atoms with Crippen LogP contribution in [0.15, 0.2) is 47.6 Å². The summed E-state index contributed by atoms with van der Waals surface area (Å²) in [6.07, 6.45) is 1.97. The Morgan fingerprint density at radius 2 is 2.04 bits per heavy atom. The normalized spacial score (nSPS) is 21.3. The first-order valence-corrected chi connectivity index (χ1v) is 7.92. The Hall–Kier alpha value is -2.89. The monoisotopic (exact) mass is 323 g/mol. The number of non-ortho nitro benzene ring substituents is 1. The minimum absolute atomic E-state index is 0.0658. The predicted octanol–water partition coefficient (Wildman–Crippen LogP) is 3.21. The number of ether oxygens (including phenoxy) is 1. The lowest BCUT2D eigenvalue weighted by Crippen LogP contribution is -2.26. The number of nitrogens with one attached hydrogen (secondary N) is 1. The van der Waals surface area contributed by atoms with Gasteiger partial charge < -0.3 is 10.2 Å². The maximum absolute atomic E-state index is 10.8. The molecule has 6 nitrogen and oxygen atoms in total. The van der Waals surface area contributed by atoms with Crippen LogP contribution < -0.4 is 10.2 Å². The van der Waals surface area contributed by atoms with Crippen LogP contribution in [0.25, 0.3) is 0 Å². The quantitative estimate of drug-likeness (QED) is 0.695. The molecule has 0 saturated heterocycles. The lowest BCUT2D eigenvalue weighted by molar-refractivity contribution is -0.384. The molecule has 1 heterocycles. The summed E-state index contributed by atoms with van der Waals surface area (Å²) in [7, 11) is 1.67. The molecular formula is C18H17N3O3. The number of nitrogens with zero attached hydrogens (tertiary/aromatic N) is 2. The Kier molecular flexibility index (Phi) is 3.45. The molecule has 1 aliphatic heterocycles. The Balaban J connectivity index is 1.62. The third kappa shape index (κ3) is 2.31. The maximum atomic E-state index is 10.8. The predicted molar refractivity (Wildman–Crippen MR) is 90.3 cm³/mol. The van der Waals surface area contributed by atoms with Gasteiger partial charge >= 0.3 is 0 Å². The SMILES string of the molecule is COc1ccc2c(c1)CC[C@H]1C2=NN[C@@H]1c1ccc([N+](=O)[O-])cc1. The molecule has 4 rings (SSSR count). The smallest absolute Gasteiger partial charge is 0.269 e. The minimum atomic E-state index is -0.377. The van der Waals surface area contributed by atoms with Gasteiger partial charge in [-0.15, -0.1) is 0 Å². The van der Waals surface area contributed by atoms with Crippen LogP contribution in [0.1, 0.15) is 29.2 Å². The molecule has 0 bridgehead atoms. The zero-order valence-electron chi connectivity index (χ0n) is 13.2. The van der Waals surface area contributed by atoms with Crippen molar-refractivity contribution in [1.29, 1.82) is 0 Å². The fourth-order valence-corrected chi connectivity index (χ4v) is 3.61. The third-order valence-corrected chi connectivity index (χ3v) is 4.85. The summed E-state index contributed by atoms with van der Waals surface area (Å²) < 4.78 is 5.30. The highest BCUT2D eigenvalue weighted by molar-refractivity contribution is 6.05. The van der Waals surface area contributed by atoms with Crippen molar-refractivity contribution in [2.24, 2.45) is 11.0 Å². The summed E-state index contributed by atoms with van der Waals surface area (Å²) in [5.74, 6) is 1.15. The number of methoxy groups -OCH3 is 1. The highest BCUT2D eigenvalue weighted by Crippen LogP contribution is 2.39. The van der Waals surface area contributed by atoms with Crippen molar-refractivity contribution in [3.8, 4) is 5.75 Å². The van der Waals surface area contributed by atoms with Crippen LogP contribution in [0.3, 0.4) is 0 Å². The molecule has 2 aromatic carbocycles.